The summed E-state index contributed by atoms with van der Waals surface area (Å²) in [5.41, 5.74) is 0.905. The summed E-state index contributed by atoms with van der Waals surface area (Å²) in [6.07, 6.45) is 2.92. The molecule has 0 aliphatic carbocycles. The Hall–Kier alpha value is -1.88. The summed E-state index contributed by atoms with van der Waals surface area (Å²) in [6.45, 7) is 3.62. The van der Waals surface area contributed by atoms with Gasteiger partial charge in [0.15, 0.2) is 0 Å². The van der Waals surface area contributed by atoms with Crippen molar-refractivity contribution < 1.29 is 14.3 Å². The van der Waals surface area contributed by atoms with Crippen molar-refractivity contribution in [3.63, 3.8) is 0 Å². The molecule has 2 aliphatic heterocycles. The minimum Gasteiger partial charge on any atom is -0.363 e. The van der Waals surface area contributed by atoms with Crippen molar-refractivity contribution in [2.24, 2.45) is 0 Å². The molecule has 3 rings (SSSR count). The Kier molecular flexibility index (Phi) is 4.90. The number of likely N-dealkylation sites (N-methyl/N-ethyl adjacent to an activating group) is 1. The number of piperidine rings is 1. The number of ether oxygens (including phenoxy) is 1. The van der Waals surface area contributed by atoms with Gasteiger partial charge in [0.2, 0.25) is 11.8 Å². The molecule has 0 bridgehead atoms. The van der Waals surface area contributed by atoms with E-state index in [2.05, 4.69) is 12.1 Å². The Morgan fingerprint density at radius 3 is 2.58 bits per heavy atom. The molecule has 0 radical (unpaired) electrons. The standard InChI is InChI=1S/C19H26N2O3/c1-15-19(24-14-18(23)20(15)2)10-12-21(13-11-19)17(22)9-8-16-6-4-3-5-7-16/h3-7,15H,8-14H2,1-2H3/t15-/m1/s1. The highest BCUT2D eigenvalue weighted by Gasteiger charge is 2.47. The van der Waals surface area contributed by atoms with E-state index in [9.17, 15) is 9.59 Å². The number of aryl methyl sites for hydroxylation is 1. The first kappa shape index (κ1) is 17.0. The number of nitrogens with zero attached hydrogens (tertiary/aromatic N) is 2. The third-order valence-electron chi connectivity index (χ3n) is 5.65. The van der Waals surface area contributed by atoms with Crippen LogP contribution in [0, 0.1) is 0 Å². The molecule has 0 N–H and O–H groups in total. The highest BCUT2D eigenvalue weighted by molar-refractivity contribution is 5.78. The van der Waals surface area contributed by atoms with Crippen LogP contribution < -0.4 is 0 Å². The molecule has 0 aromatic heterocycles. The smallest absolute Gasteiger partial charge is 0.248 e. The van der Waals surface area contributed by atoms with Crippen molar-refractivity contribution in [3.8, 4) is 0 Å². The second-order valence-corrected chi connectivity index (χ2v) is 6.90. The van der Waals surface area contributed by atoms with E-state index in [1.165, 1.54) is 5.56 Å². The lowest BCUT2D eigenvalue weighted by Crippen LogP contribution is -2.63. The van der Waals surface area contributed by atoms with Gasteiger partial charge in [-0.3, -0.25) is 9.59 Å². The maximum atomic E-state index is 12.5. The van der Waals surface area contributed by atoms with E-state index in [4.69, 9.17) is 4.74 Å². The molecule has 2 fully saturated rings. The van der Waals surface area contributed by atoms with E-state index in [1.54, 1.807) is 4.90 Å². The minimum absolute atomic E-state index is 0.0366. The predicted octanol–water partition coefficient (Wildman–Crippen LogP) is 1.86. The molecule has 1 aromatic carbocycles. The molecule has 0 unspecified atom stereocenters. The minimum atomic E-state index is -0.293. The maximum Gasteiger partial charge on any atom is 0.248 e. The van der Waals surface area contributed by atoms with Gasteiger partial charge in [-0.25, -0.2) is 0 Å². The summed E-state index contributed by atoms with van der Waals surface area (Å²) < 4.78 is 5.93. The lowest BCUT2D eigenvalue weighted by molar-refractivity contribution is -0.184. The topological polar surface area (TPSA) is 49.9 Å². The van der Waals surface area contributed by atoms with Gasteiger partial charge in [-0.1, -0.05) is 30.3 Å². The highest BCUT2D eigenvalue weighted by Crippen LogP contribution is 2.35. The molecule has 1 spiro atoms. The lowest BCUT2D eigenvalue weighted by atomic mass is 9.82. The number of rotatable bonds is 3. The number of hydrogen-bond donors (Lipinski definition) is 0. The van der Waals surface area contributed by atoms with Crippen LogP contribution >= 0.6 is 0 Å². The molecular weight excluding hydrogens is 304 g/mol. The summed E-state index contributed by atoms with van der Waals surface area (Å²) in [4.78, 5) is 28.0. The number of amides is 2. The zero-order chi connectivity index (χ0) is 17.2. The molecular formula is C19H26N2O3. The third kappa shape index (κ3) is 3.31. The van der Waals surface area contributed by atoms with Crippen LogP contribution in [0.3, 0.4) is 0 Å². The van der Waals surface area contributed by atoms with E-state index in [1.807, 2.05) is 37.1 Å². The highest BCUT2D eigenvalue weighted by atomic mass is 16.5. The molecule has 1 aromatic rings. The first-order chi connectivity index (χ1) is 11.5. The number of morpholine rings is 1. The molecule has 2 aliphatic rings. The fourth-order valence-corrected chi connectivity index (χ4v) is 3.75. The average Bonchev–Trinajstić information content (AvgIpc) is 2.63. The molecule has 5 heteroatoms. The van der Waals surface area contributed by atoms with Crippen molar-refractivity contribution in [1.29, 1.82) is 0 Å². The number of carbonyl (C=O) groups excluding carboxylic acids is 2. The van der Waals surface area contributed by atoms with E-state index < -0.39 is 0 Å². The Bertz CT molecular complexity index is 594. The van der Waals surface area contributed by atoms with Gasteiger partial charge >= 0.3 is 0 Å². The zero-order valence-corrected chi connectivity index (χ0v) is 14.5. The van der Waals surface area contributed by atoms with Crippen molar-refractivity contribution in [2.45, 2.75) is 44.2 Å². The van der Waals surface area contributed by atoms with Crippen LogP contribution in [-0.2, 0) is 20.7 Å². The van der Waals surface area contributed by atoms with Gasteiger partial charge in [-0.15, -0.1) is 0 Å². The molecule has 0 saturated carbocycles. The van der Waals surface area contributed by atoms with Gasteiger partial charge in [0.05, 0.1) is 11.6 Å². The molecule has 5 nitrogen and oxygen atoms in total. The summed E-state index contributed by atoms with van der Waals surface area (Å²) in [6, 6.07) is 10.2. The summed E-state index contributed by atoms with van der Waals surface area (Å²) in [5.74, 6) is 0.246. The summed E-state index contributed by atoms with van der Waals surface area (Å²) in [5, 5.41) is 0. The Balaban J connectivity index is 1.53. The molecule has 24 heavy (non-hydrogen) atoms. The van der Waals surface area contributed by atoms with Crippen molar-refractivity contribution in [2.75, 3.05) is 26.7 Å². The van der Waals surface area contributed by atoms with E-state index in [-0.39, 0.29) is 30.1 Å². The van der Waals surface area contributed by atoms with E-state index in [0.717, 1.165) is 19.3 Å². The number of hydrogen-bond acceptors (Lipinski definition) is 3. The van der Waals surface area contributed by atoms with E-state index >= 15 is 0 Å². The SMILES string of the molecule is C[C@H]1N(C)C(=O)COC12CCN(C(=O)CCc1ccccc1)CC2. The van der Waals surface area contributed by atoms with Crippen LogP contribution in [0.15, 0.2) is 30.3 Å². The fraction of sp³-hybridized carbons (Fsp3) is 0.579. The maximum absolute atomic E-state index is 12.5. The third-order valence-corrected chi connectivity index (χ3v) is 5.65. The number of likely N-dealkylation sites (tertiary alicyclic amines) is 1. The monoisotopic (exact) mass is 330 g/mol. The van der Waals surface area contributed by atoms with Gasteiger partial charge in [0.1, 0.15) is 6.61 Å². The van der Waals surface area contributed by atoms with Crippen LogP contribution in [-0.4, -0.2) is 60.0 Å². The second-order valence-electron chi connectivity index (χ2n) is 6.90. The molecule has 130 valence electrons. The normalized spacial score (nSPS) is 23.6. The summed E-state index contributed by atoms with van der Waals surface area (Å²) in [7, 11) is 1.84. The fourth-order valence-electron chi connectivity index (χ4n) is 3.75. The lowest BCUT2D eigenvalue weighted by Gasteiger charge is -2.50. The van der Waals surface area contributed by atoms with Crippen LogP contribution in [0.1, 0.15) is 31.7 Å². The number of carbonyl (C=O) groups is 2. The van der Waals surface area contributed by atoms with Crippen molar-refractivity contribution in [3.05, 3.63) is 35.9 Å². The largest absolute Gasteiger partial charge is 0.363 e. The van der Waals surface area contributed by atoms with Crippen LogP contribution in [0.5, 0.6) is 0 Å². The Morgan fingerprint density at radius 2 is 1.92 bits per heavy atom. The molecule has 2 heterocycles. The Labute approximate surface area is 143 Å². The molecule has 1 atom stereocenters. The van der Waals surface area contributed by atoms with Gasteiger partial charge in [0.25, 0.3) is 0 Å². The zero-order valence-electron chi connectivity index (χ0n) is 14.5. The van der Waals surface area contributed by atoms with Gasteiger partial charge in [-0.05, 0) is 31.7 Å². The second kappa shape index (κ2) is 6.93. The first-order valence-corrected chi connectivity index (χ1v) is 8.73. The number of benzene rings is 1. The summed E-state index contributed by atoms with van der Waals surface area (Å²) >= 11 is 0. The van der Waals surface area contributed by atoms with Gasteiger partial charge in [-0.2, -0.15) is 0 Å². The predicted molar refractivity (Wildman–Crippen MR) is 91.5 cm³/mol. The van der Waals surface area contributed by atoms with Crippen LogP contribution in [0.25, 0.3) is 0 Å². The molecule has 2 amide bonds. The van der Waals surface area contributed by atoms with Gasteiger partial charge < -0.3 is 14.5 Å². The van der Waals surface area contributed by atoms with Crippen molar-refractivity contribution >= 4 is 11.8 Å². The average molecular weight is 330 g/mol. The first-order valence-electron chi connectivity index (χ1n) is 8.73. The van der Waals surface area contributed by atoms with Crippen molar-refractivity contribution in [1.82, 2.24) is 9.80 Å². The van der Waals surface area contributed by atoms with E-state index in [0.29, 0.717) is 19.5 Å². The van der Waals surface area contributed by atoms with Crippen LogP contribution in [0.4, 0.5) is 0 Å². The van der Waals surface area contributed by atoms with Gasteiger partial charge in [0, 0.05) is 26.6 Å². The Morgan fingerprint density at radius 1 is 1.25 bits per heavy atom. The quantitative estimate of drug-likeness (QED) is 0.850. The molecule has 2 saturated heterocycles. The van der Waals surface area contributed by atoms with Crippen LogP contribution in [0.2, 0.25) is 0 Å².